The van der Waals surface area contributed by atoms with E-state index in [4.69, 9.17) is 4.74 Å². The van der Waals surface area contributed by atoms with Crippen LogP contribution in [0.5, 0.6) is 0 Å². The van der Waals surface area contributed by atoms with Gasteiger partial charge in [-0.2, -0.15) is 0 Å². The number of thiazole rings is 1. The number of halogens is 1. The predicted molar refractivity (Wildman–Crippen MR) is 121 cm³/mol. The van der Waals surface area contributed by atoms with Gasteiger partial charge in [-0.3, -0.25) is 0 Å². The van der Waals surface area contributed by atoms with Crippen LogP contribution in [0.15, 0.2) is 10.4 Å². The van der Waals surface area contributed by atoms with Gasteiger partial charge in [-0.25, -0.2) is 14.8 Å². The lowest BCUT2D eigenvalue weighted by Gasteiger charge is -2.32. The van der Waals surface area contributed by atoms with Crippen LogP contribution < -0.4 is 10.6 Å². The van der Waals surface area contributed by atoms with Crippen LogP contribution in [-0.2, 0) is 11.3 Å². The minimum atomic E-state index is -0.212. The van der Waals surface area contributed by atoms with E-state index in [1.807, 2.05) is 6.92 Å². The predicted octanol–water partition coefficient (Wildman–Crippen LogP) is 3.56. The third-order valence-electron chi connectivity index (χ3n) is 4.17. The fourth-order valence-corrected chi connectivity index (χ4v) is 3.58. The van der Waals surface area contributed by atoms with Gasteiger partial charge in [0.15, 0.2) is 5.96 Å². The van der Waals surface area contributed by atoms with Crippen molar-refractivity contribution in [2.24, 2.45) is 4.99 Å². The van der Waals surface area contributed by atoms with Crippen LogP contribution in [0, 0.1) is 0 Å². The Kier molecular flexibility index (Phi) is 11.0. The van der Waals surface area contributed by atoms with Crippen molar-refractivity contribution in [2.75, 3.05) is 26.2 Å². The maximum Gasteiger partial charge on any atom is 0.409 e. The number of nitrogens with one attached hydrogen (secondary N) is 2. The van der Waals surface area contributed by atoms with Gasteiger partial charge in [-0.05, 0) is 26.7 Å². The second kappa shape index (κ2) is 12.4. The molecule has 1 aromatic heterocycles. The van der Waals surface area contributed by atoms with E-state index >= 15 is 0 Å². The monoisotopic (exact) mass is 509 g/mol. The Hall–Kier alpha value is -1.10. The molecule has 0 saturated carbocycles. The fraction of sp³-hybridized carbons (Fsp3) is 0.722. The van der Waals surface area contributed by atoms with Gasteiger partial charge in [0.25, 0.3) is 0 Å². The number of carbonyl (C=O) groups is 1. The van der Waals surface area contributed by atoms with Crippen LogP contribution in [0.2, 0.25) is 0 Å². The number of ether oxygens (including phenoxy) is 1. The van der Waals surface area contributed by atoms with Crippen molar-refractivity contribution in [3.8, 4) is 0 Å². The van der Waals surface area contributed by atoms with Gasteiger partial charge in [0.1, 0.15) is 0 Å². The number of carbonyl (C=O) groups excluding carboxylic acids is 1. The molecule has 0 atom stereocenters. The van der Waals surface area contributed by atoms with E-state index in [2.05, 4.69) is 46.8 Å². The highest BCUT2D eigenvalue weighted by Crippen LogP contribution is 2.19. The molecule has 0 aliphatic carbocycles. The zero-order valence-electron chi connectivity index (χ0n) is 16.7. The molecule has 2 rings (SSSR count). The van der Waals surface area contributed by atoms with Gasteiger partial charge in [-0.15, -0.1) is 35.3 Å². The van der Waals surface area contributed by atoms with Crippen molar-refractivity contribution in [3.63, 3.8) is 0 Å². The molecule has 27 heavy (non-hydrogen) atoms. The van der Waals surface area contributed by atoms with Gasteiger partial charge < -0.3 is 20.3 Å². The maximum absolute atomic E-state index is 11.8. The number of likely N-dealkylation sites (tertiary alicyclic amines) is 1. The summed E-state index contributed by atoms with van der Waals surface area (Å²) in [6, 6.07) is 0.306. The molecule has 1 amide bonds. The van der Waals surface area contributed by atoms with Crippen LogP contribution >= 0.6 is 35.3 Å². The summed E-state index contributed by atoms with van der Waals surface area (Å²) in [5.41, 5.74) is 1.01. The zero-order chi connectivity index (χ0) is 18.9. The normalized spacial score (nSPS) is 15.4. The van der Waals surface area contributed by atoms with Crippen LogP contribution in [0.3, 0.4) is 0 Å². The molecule has 2 heterocycles. The number of nitrogens with zero attached hydrogens (tertiary/aromatic N) is 3. The zero-order valence-corrected chi connectivity index (χ0v) is 19.8. The Morgan fingerprint density at radius 1 is 1.41 bits per heavy atom. The molecule has 2 N–H and O–H groups in total. The number of aliphatic imine (C=N–C) groups is 1. The molecule has 1 aliphatic heterocycles. The molecule has 9 heteroatoms. The highest BCUT2D eigenvalue weighted by molar-refractivity contribution is 14.0. The van der Waals surface area contributed by atoms with E-state index in [-0.39, 0.29) is 30.1 Å². The van der Waals surface area contributed by atoms with Crippen molar-refractivity contribution in [2.45, 2.75) is 59.0 Å². The molecule has 1 saturated heterocycles. The molecule has 1 aliphatic rings. The smallest absolute Gasteiger partial charge is 0.409 e. The Bertz CT molecular complexity index is 600. The summed E-state index contributed by atoms with van der Waals surface area (Å²) in [6.45, 7) is 11.4. The minimum Gasteiger partial charge on any atom is -0.450 e. The first-order valence-corrected chi connectivity index (χ1v) is 10.3. The van der Waals surface area contributed by atoms with Crippen molar-refractivity contribution in [1.82, 2.24) is 20.5 Å². The van der Waals surface area contributed by atoms with E-state index in [0.717, 1.165) is 36.0 Å². The Balaban J connectivity index is 0.00000364. The van der Waals surface area contributed by atoms with Crippen molar-refractivity contribution >= 4 is 47.4 Å². The lowest BCUT2D eigenvalue weighted by molar-refractivity contribution is 0.0963. The lowest BCUT2D eigenvalue weighted by atomic mass is 10.1. The lowest BCUT2D eigenvalue weighted by Crippen LogP contribution is -2.49. The number of aromatic nitrogens is 1. The van der Waals surface area contributed by atoms with Crippen molar-refractivity contribution in [3.05, 3.63) is 16.1 Å². The van der Waals surface area contributed by atoms with E-state index < -0.39 is 0 Å². The average molecular weight is 509 g/mol. The second-order valence-electron chi connectivity index (χ2n) is 6.63. The Morgan fingerprint density at radius 3 is 2.67 bits per heavy atom. The third-order valence-corrected chi connectivity index (χ3v) is 5.36. The summed E-state index contributed by atoms with van der Waals surface area (Å²) in [5, 5.41) is 10.0. The van der Waals surface area contributed by atoms with Crippen LogP contribution in [-0.4, -0.2) is 54.2 Å². The maximum atomic E-state index is 11.8. The molecule has 0 radical (unpaired) electrons. The summed E-state index contributed by atoms with van der Waals surface area (Å²) >= 11 is 1.69. The SMILES string of the molecule is CCNC(=NCc1csc(C(C)C)n1)NC1CCN(C(=O)OCC)CC1.I. The topological polar surface area (TPSA) is 78.9 Å². The summed E-state index contributed by atoms with van der Waals surface area (Å²) in [6.07, 6.45) is 1.56. The first-order chi connectivity index (χ1) is 12.5. The molecule has 1 aromatic rings. The molecule has 0 bridgehead atoms. The standard InChI is InChI=1S/C18H31N5O2S.HI/c1-5-19-17(20-11-15-12-26-16(21-15)13(3)4)22-14-7-9-23(10-8-14)18(24)25-6-2;/h12-14H,5-11H2,1-4H3,(H2,19,20,22);1H. The molecular formula is C18H32IN5O2S. The Morgan fingerprint density at radius 2 is 2.11 bits per heavy atom. The molecule has 1 fully saturated rings. The number of rotatable bonds is 6. The first kappa shape index (κ1) is 23.9. The fourth-order valence-electron chi connectivity index (χ4n) is 2.76. The third kappa shape index (κ3) is 7.81. The number of hydrogen-bond donors (Lipinski definition) is 2. The number of amides is 1. The summed E-state index contributed by atoms with van der Waals surface area (Å²) in [5.74, 6) is 1.26. The molecule has 0 aromatic carbocycles. The molecule has 0 spiro atoms. The van der Waals surface area contributed by atoms with Crippen LogP contribution in [0.4, 0.5) is 4.79 Å². The summed E-state index contributed by atoms with van der Waals surface area (Å²) in [7, 11) is 0. The van der Waals surface area contributed by atoms with Crippen LogP contribution in [0.1, 0.15) is 57.2 Å². The number of piperidine rings is 1. The second-order valence-corrected chi connectivity index (χ2v) is 7.52. The van der Waals surface area contributed by atoms with Crippen molar-refractivity contribution in [1.29, 1.82) is 0 Å². The van der Waals surface area contributed by atoms with E-state index in [0.29, 0.717) is 38.2 Å². The molecule has 7 nitrogen and oxygen atoms in total. The van der Waals surface area contributed by atoms with Crippen LogP contribution in [0.25, 0.3) is 0 Å². The average Bonchev–Trinajstić information content (AvgIpc) is 3.10. The number of hydrogen-bond acceptors (Lipinski definition) is 5. The minimum absolute atomic E-state index is 0. The molecular weight excluding hydrogens is 477 g/mol. The first-order valence-electron chi connectivity index (χ1n) is 9.44. The summed E-state index contributed by atoms with van der Waals surface area (Å²) < 4.78 is 5.07. The summed E-state index contributed by atoms with van der Waals surface area (Å²) in [4.78, 5) is 22.9. The van der Waals surface area contributed by atoms with Gasteiger partial charge >= 0.3 is 6.09 Å². The molecule has 0 unspecified atom stereocenters. The molecule has 154 valence electrons. The largest absolute Gasteiger partial charge is 0.450 e. The Labute approximate surface area is 183 Å². The van der Waals surface area contributed by atoms with Crippen molar-refractivity contribution < 1.29 is 9.53 Å². The van der Waals surface area contributed by atoms with Gasteiger partial charge in [0, 0.05) is 37.0 Å². The van der Waals surface area contributed by atoms with E-state index in [1.165, 1.54) is 0 Å². The van der Waals surface area contributed by atoms with Gasteiger partial charge in [-0.1, -0.05) is 13.8 Å². The highest BCUT2D eigenvalue weighted by Gasteiger charge is 2.24. The van der Waals surface area contributed by atoms with Gasteiger partial charge in [0.2, 0.25) is 0 Å². The quantitative estimate of drug-likeness (QED) is 0.349. The van der Waals surface area contributed by atoms with Gasteiger partial charge in [0.05, 0.1) is 23.9 Å². The van der Waals surface area contributed by atoms with E-state index in [1.54, 1.807) is 16.2 Å². The highest BCUT2D eigenvalue weighted by atomic mass is 127. The van der Waals surface area contributed by atoms with E-state index in [9.17, 15) is 4.79 Å². The number of guanidine groups is 1.